The van der Waals surface area contributed by atoms with E-state index in [1.165, 1.54) is 0 Å². The number of carbonyl (C=O) groups excluding carboxylic acids is 3. The first-order chi connectivity index (χ1) is 15.1. The van der Waals surface area contributed by atoms with Gasteiger partial charge in [-0.25, -0.2) is 0 Å². The number of hydrogen-bond donors (Lipinski definition) is 1. The van der Waals surface area contributed by atoms with E-state index in [0.717, 1.165) is 44.9 Å². The number of nitrogens with zero attached hydrogens (tertiary/aromatic N) is 1. The van der Waals surface area contributed by atoms with Crippen LogP contribution < -0.4 is 10.1 Å². The molecule has 6 heteroatoms. The monoisotopic (exact) mass is 422 g/mol. The van der Waals surface area contributed by atoms with Gasteiger partial charge in [0.05, 0.1) is 5.56 Å². The van der Waals surface area contributed by atoms with Gasteiger partial charge in [-0.3, -0.25) is 14.4 Å². The molecule has 6 atom stereocenters. The first-order valence-electron chi connectivity index (χ1n) is 12.0. The molecule has 31 heavy (non-hydrogen) atoms. The molecule has 2 aliphatic heterocycles. The van der Waals surface area contributed by atoms with Gasteiger partial charge in [0.15, 0.2) is 5.72 Å². The number of piperidine rings is 1. The van der Waals surface area contributed by atoms with Gasteiger partial charge in [0.1, 0.15) is 11.5 Å². The third kappa shape index (κ3) is 2.94. The summed E-state index contributed by atoms with van der Waals surface area (Å²) >= 11 is 0. The van der Waals surface area contributed by atoms with Crippen LogP contribution in [0, 0.1) is 23.7 Å². The van der Waals surface area contributed by atoms with E-state index in [1.54, 1.807) is 6.07 Å². The zero-order valence-corrected chi connectivity index (χ0v) is 17.8. The fourth-order valence-electron chi connectivity index (χ4n) is 7.19. The highest BCUT2D eigenvalue weighted by atomic mass is 16.5. The Labute approximate surface area is 182 Å². The summed E-state index contributed by atoms with van der Waals surface area (Å²) < 4.78 is 6.44. The summed E-state index contributed by atoms with van der Waals surface area (Å²) in [5.74, 6) is 1.57. The maximum absolute atomic E-state index is 13.7. The second-order valence-electron chi connectivity index (χ2n) is 10.2. The van der Waals surface area contributed by atoms with Crippen molar-refractivity contribution in [3.05, 3.63) is 29.8 Å². The zero-order chi connectivity index (χ0) is 21.2. The molecule has 2 heterocycles. The van der Waals surface area contributed by atoms with Gasteiger partial charge >= 0.3 is 0 Å². The van der Waals surface area contributed by atoms with E-state index in [2.05, 4.69) is 10.2 Å². The highest BCUT2D eigenvalue weighted by Gasteiger charge is 2.58. The quantitative estimate of drug-likeness (QED) is 0.754. The summed E-state index contributed by atoms with van der Waals surface area (Å²) in [4.78, 5) is 41.0. The Bertz CT molecular complexity index is 945. The second-order valence-corrected chi connectivity index (χ2v) is 10.2. The SMILES string of the molecule is O=C1N[C@]2(C[C@H]3CC[C@H]2C[C@@H]3C(=O)N2CCC(=O)[C@H]3CCCC[C@H]32)Oc2ccccc21. The molecule has 6 aliphatic rings. The highest BCUT2D eigenvalue weighted by molar-refractivity contribution is 5.98. The Kier molecular flexibility index (Phi) is 4.41. The van der Waals surface area contributed by atoms with E-state index in [0.29, 0.717) is 36.5 Å². The van der Waals surface area contributed by atoms with Crippen LogP contribution in [0.5, 0.6) is 5.75 Å². The molecule has 164 valence electrons. The van der Waals surface area contributed by atoms with Gasteiger partial charge in [-0.15, -0.1) is 0 Å². The number of carbonyl (C=O) groups is 3. The number of hydrogen-bond acceptors (Lipinski definition) is 4. The molecular formula is C25H30N2O4. The lowest BCUT2D eigenvalue weighted by Gasteiger charge is -2.56. The predicted octanol–water partition coefficient (Wildman–Crippen LogP) is 3.30. The number of Topliss-reactive ketones (excluding diaryl/α,β-unsaturated/α-hetero) is 1. The van der Waals surface area contributed by atoms with Crippen LogP contribution in [0.1, 0.15) is 68.1 Å². The molecule has 0 unspecified atom stereocenters. The van der Waals surface area contributed by atoms with Gasteiger partial charge in [0, 0.05) is 43.2 Å². The number of amides is 2. The maximum atomic E-state index is 13.7. The second kappa shape index (κ2) is 7.07. The van der Waals surface area contributed by atoms with Crippen LogP contribution in [-0.2, 0) is 9.59 Å². The molecule has 1 N–H and O–H groups in total. The van der Waals surface area contributed by atoms with Crippen LogP contribution in [0.2, 0.25) is 0 Å². The number of fused-ring (bicyclic) bond motifs is 4. The first-order valence-corrected chi connectivity index (χ1v) is 12.0. The van der Waals surface area contributed by atoms with Crippen molar-refractivity contribution in [3.8, 4) is 5.75 Å². The van der Waals surface area contributed by atoms with Crippen molar-refractivity contribution in [3.63, 3.8) is 0 Å². The average molecular weight is 423 g/mol. The van der Waals surface area contributed by atoms with Gasteiger partial charge in [-0.05, 0) is 50.2 Å². The molecule has 6 nitrogen and oxygen atoms in total. The Morgan fingerprint density at radius 2 is 1.94 bits per heavy atom. The molecule has 2 amide bonds. The summed E-state index contributed by atoms with van der Waals surface area (Å²) in [6.07, 6.45) is 8.04. The molecule has 0 aromatic heterocycles. The van der Waals surface area contributed by atoms with E-state index in [9.17, 15) is 14.4 Å². The molecule has 1 spiro atoms. The minimum Gasteiger partial charge on any atom is -0.467 e. The predicted molar refractivity (Wildman–Crippen MR) is 113 cm³/mol. The van der Waals surface area contributed by atoms with Crippen LogP contribution in [0.25, 0.3) is 0 Å². The average Bonchev–Trinajstić information content (AvgIpc) is 2.79. The van der Waals surface area contributed by atoms with Gasteiger partial charge in [0.25, 0.3) is 5.91 Å². The van der Waals surface area contributed by atoms with Gasteiger partial charge < -0.3 is 15.0 Å². The third-order valence-corrected chi connectivity index (χ3v) is 8.71. The number of ketones is 1. The molecule has 4 saturated carbocycles. The van der Waals surface area contributed by atoms with Crippen LogP contribution in [0.4, 0.5) is 0 Å². The fraction of sp³-hybridized carbons (Fsp3) is 0.640. The van der Waals surface area contributed by atoms with E-state index in [1.807, 2.05) is 18.2 Å². The van der Waals surface area contributed by atoms with Crippen molar-refractivity contribution in [2.24, 2.45) is 23.7 Å². The molecule has 2 bridgehead atoms. The summed E-state index contributed by atoms with van der Waals surface area (Å²) in [7, 11) is 0. The number of ether oxygens (including phenoxy) is 1. The van der Waals surface area contributed by atoms with Crippen molar-refractivity contribution in [1.82, 2.24) is 10.2 Å². The van der Waals surface area contributed by atoms with Crippen molar-refractivity contribution >= 4 is 17.6 Å². The maximum Gasteiger partial charge on any atom is 0.258 e. The Balaban J connectivity index is 1.23. The van der Waals surface area contributed by atoms with Crippen LogP contribution in [-0.4, -0.2) is 40.8 Å². The van der Waals surface area contributed by atoms with Crippen LogP contribution in [0.3, 0.4) is 0 Å². The van der Waals surface area contributed by atoms with Crippen molar-refractivity contribution in [1.29, 1.82) is 0 Å². The Morgan fingerprint density at radius 3 is 2.77 bits per heavy atom. The number of para-hydroxylation sites is 1. The molecule has 7 rings (SSSR count). The lowest BCUT2D eigenvalue weighted by Crippen LogP contribution is -2.67. The van der Waals surface area contributed by atoms with E-state index < -0.39 is 5.72 Å². The highest BCUT2D eigenvalue weighted by Crippen LogP contribution is 2.53. The van der Waals surface area contributed by atoms with Crippen molar-refractivity contribution in [2.75, 3.05) is 6.54 Å². The smallest absolute Gasteiger partial charge is 0.258 e. The van der Waals surface area contributed by atoms with Crippen molar-refractivity contribution < 1.29 is 19.1 Å². The lowest BCUT2D eigenvalue weighted by molar-refractivity contribution is -0.162. The number of nitrogens with one attached hydrogen (secondary N) is 1. The summed E-state index contributed by atoms with van der Waals surface area (Å²) in [5, 5.41) is 3.18. The largest absolute Gasteiger partial charge is 0.467 e. The molecular weight excluding hydrogens is 392 g/mol. The first kappa shape index (κ1) is 19.3. The molecule has 1 saturated heterocycles. The molecule has 1 aromatic carbocycles. The topological polar surface area (TPSA) is 75.7 Å². The number of benzene rings is 1. The Hall–Kier alpha value is -2.37. The minimum atomic E-state index is -0.684. The molecule has 4 aliphatic carbocycles. The lowest BCUT2D eigenvalue weighted by atomic mass is 9.59. The third-order valence-electron chi connectivity index (χ3n) is 8.71. The van der Waals surface area contributed by atoms with Gasteiger partial charge in [-0.1, -0.05) is 25.0 Å². The summed E-state index contributed by atoms with van der Waals surface area (Å²) in [6.45, 7) is 0.582. The standard InChI is InChI=1S/C25H30N2O4/c28-21-11-12-27(20-7-3-1-5-17(20)21)24(30)19-13-16-10-9-15(19)14-25(16)26-23(29)18-6-2-4-8-22(18)31-25/h2,4,6,8,15-17,19-20H,1,3,5,7,9-14H2,(H,26,29)/t15-,16+,17+,19+,20-,25-/m1/s1. The molecule has 1 aromatic rings. The zero-order valence-electron chi connectivity index (χ0n) is 17.8. The summed E-state index contributed by atoms with van der Waals surface area (Å²) in [5.41, 5.74) is -0.0976. The van der Waals surface area contributed by atoms with E-state index in [-0.39, 0.29) is 41.5 Å². The fourth-order valence-corrected chi connectivity index (χ4v) is 7.19. The number of likely N-dealkylation sites (tertiary alicyclic amines) is 1. The normalized spacial score (nSPS) is 38.8. The van der Waals surface area contributed by atoms with Gasteiger partial charge in [-0.2, -0.15) is 0 Å². The van der Waals surface area contributed by atoms with Crippen molar-refractivity contribution in [2.45, 2.75) is 69.6 Å². The number of rotatable bonds is 1. The molecule has 0 radical (unpaired) electrons. The minimum absolute atomic E-state index is 0.0159. The van der Waals surface area contributed by atoms with E-state index in [4.69, 9.17) is 4.74 Å². The Morgan fingerprint density at radius 1 is 1.10 bits per heavy atom. The molecule has 5 fully saturated rings. The van der Waals surface area contributed by atoms with Crippen LogP contribution >= 0.6 is 0 Å². The summed E-state index contributed by atoms with van der Waals surface area (Å²) in [6, 6.07) is 7.52. The van der Waals surface area contributed by atoms with Crippen LogP contribution in [0.15, 0.2) is 24.3 Å². The van der Waals surface area contributed by atoms with Gasteiger partial charge in [0.2, 0.25) is 5.91 Å². The van der Waals surface area contributed by atoms with E-state index >= 15 is 0 Å².